The summed E-state index contributed by atoms with van der Waals surface area (Å²) in [6.07, 6.45) is 4.73. The number of carboxylic acid groups (broad SMARTS) is 1. The quantitative estimate of drug-likeness (QED) is 0.878. The summed E-state index contributed by atoms with van der Waals surface area (Å²) in [6, 6.07) is 10.0. The van der Waals surface area contributed by atoms with Gasteiger partial charge in [-0.2, -0.15) is 0 Å². The maximum absolute atomic E-state index is 12.5. The van der Waals surface area contributed by atoms with Gasteiger partial charge in [0.2, 0.25) is 5.91 Å². The van der Waals surface area contributed by atoms with Gasteiger partial charge in [0.15, 0.2) is 0 Å². The van der Waals surface area contributed by atoms with E-state index in [2.05, 4.69) is 5.32 Å². The molecule has 3 aliphatic rings. The summed E-state index contributed by atoms with van der Waals surface area (Å²) in [6.45, 7) is 0.572. The molecule has 4 rings (SSSR count). The van der Waals surface area contributed by atoms with Crippen LogP contribution in [0.3, 0.4) is 0 Å². The first-order valence-electron chi connectivity index (χ1n) is 8.21. The first kappa shape index (κ1) is 15.1. The van der Waals surface area contributed by atoms with Crippen molar-refractivity contribution in [2.45, 2.75) is 32.1 Å². The molecule has 3 aliphatic carbocycles. The summed E-state index contributed by atoms with van der Waals surface area (Å²) in [7, 11) is 0. The van der Waals surface area contributed by atoms with E-state index in [0.29, 0.717) is 6.54 Å². The Morgan fingerprint density at radius 3 is 2.18 bits per heavy atom. The number of aliphatic carboxylic acids is 1. The minimum absolute atomic E-state index is 0.0577. The molecule has 2 bridgehead atoms. The Kier molecular flexibility index (Phi) is 4.46. The maximum atomic E-state index is 12.5. The van der Waals surface area contributed by atoms with Crippen molar-refractivity contribution in [1.29, 1.82) is 0 Å². The average Bonchev–Trinajstić information content (AvgIpc) is 2.55. The van der Waals surface area contributed by atoms with Gasteiger partial charge in [-0.05, 0) is 49.5 Å². The molecule has 3 saturated carbocycles. The highest BCUT2D eigenvalue weighted by Gasteiger charge is 2.50. The second-order valence-corrected chi connectivity index (χ2v) is 6.59. The highest BCUT2D eigenvalue weighted by molar-refractivity contribution is 5.85. The summed E-state index contributed by atoms with van der Waals surface area (Å²) < 4.78 is 0. The molecule has 2 atom stereocenters. The van der Waals surface area contributed by atoms with Gasteiger partial charge in [-0.25, -0.2) is 0 Å². The number of rotatable bonds is 5. The fraction of sp³-hybridized carbons (Fsp3) is 0.556. The second-order valence-electron chi connectivity index (χ2n) is 6.59. The van der Waals surface area contributed by atoms with Gasteiger partial charge in [-0.3, -0.25) is 9.59 Å². The monoisotopic (exact) mass is 301 g/mol. The lowest BCUT2D eigenvalue weighted by molar-refractivity contribution is -0.158. The molecular formula is C18H23NO3. The van der Waals surface area contributed by atoms with Crippen LogP contribution in [0.15, 0.2) is 30.3 Å². The van der Waals surface area contributed by atoms with E-state index in [1.807, 2.05) is 30.3 Å². The van der Waals surface area contributed by atoms with Gasteiger partial charge in [-0.15, -0.1) is 0 Å². The lowest BCUT2D eigenvalue weighted by Crippen LogP contribution is -2.51. The van der Waals surface area contributed by atoms with Crippen LogP contribution in [-0.4, -0.2) is 23.5 Å². The minimum atomic E-state index is -0.794. The molecular weight excluding hydrogens is 278 g/mol. The molecule has 22 heavy (non-hydrogen) atoms. The number of benzene rings is 1. The van der Waals surface area contributed by atoms with Crippen LogP contribution in [-0.2, 0) is 16.0 Å². The zero-order valence-corrected chi connectivity index (χ0v) is 12.7. The molecule has 0 heterocycles. The predicted octanol–water partition coefficient (Wildman–Crippen LogP) is 2.48. The van der Waals surface area contributed by atoms with E-state index in [-0.39, 0.29) is 23.7 Å². The predicted molar refractivity (Wildman–Crippen MR) is 83.2 cm³/mol. The lowest BCUT2D eigenvalue weighted by atomic mass is 9.58. The maximum Gasteiger partial charge on any atom is 0.307 e. The third-order valence-corrected chi connectivity index (χ3v) is 5.36. The zero-order valence-electron chi connectivity index (χ0n) is 12.7. The molecule has 0 radical (unpaired) electrons. The normalized spacial score (nSPS) is 30.0. The molecule has 2 N–H and O–H groups in total. The fourth-order valence-electron chi connectivity index (χ4n) is 4.27. The van der Waals surface area contributed by atoms with E-state index in [9.17, 15) is 14.7 Å². The molecule has 3 fully saturated rings. The summed E-state index contributed by atoms with van der Waals surface area (Å²) >= 11 is 0. The molecule has 0 aliphatic heterocycles. The van der Waals surface area contributed by atoms with Crippen LogP contribution in [0, 0.1) is 23.7 Å². The summed E-state index contributed by atoms with van der Waals surface area (Å²) in [5.74, 6) is -1.23. The molecule has 4 nitrogen and oxygen atoms in total. The fourth-order valence-corrected chi connectivity index (χ4v) is 4.27. The van der Waals surface area contributed by atoms with Crippen LogP contribution in [0.2, 0.25) is 0 Å². The Hall–Kier alpha value is -1.84. The summed E-state index contributed by atoms with van der Waals surface area (Å²) in [5.41, 5.74) is 1.18. The smallest absolute Gasteiger partial charge is 0.307 e. The summed E-state index contributed by atoms with van der Waals surface area (Å²) in [5, 5.41) is 12.5. The Bertz CT molecular complexity index is 535. The molecule has 1 aromatic carbocycles. The van der Waals surface area contributed by atoms with Crippen LogP contribution in [0.4, 0.5) is 0 Å². The minimum Gasteiger partial charge on any atom is -0.481 e. The van der Waals surface area contributed by atoms with E-state index in [1.165, 1.54) is 5.56 Å². The van der Waals surface area contributed by atoms with Crippen molar-refractivity contribution < 1.29 is 14.7 Å². The number of carbonyl (C=O) groups is 2. The molecule has 118 valence electrons. The summed E-state index contributed by atoms with van der Waals surface area (Å²) in [4.78, 5) is 24.1. The van der Waals surface area contributed by atoms with Gasteiger partial charge in [0.05, 0.1) is 11.8 Å². The molecule has 1 aromatic rings. The zero-order chi connectivity index (χ0) is 15.5. The van der Waals surface area contributed by atoms with Crippen molar-refractivity contribution >= 4 is 11.9 Å². The first-order valence-corrected chi connectivity index (χ1v) is 8.21. The topological polar surface area (TPSA) is 66.4 Å². The van der Waals surface area contributed by atoms with E-state index in [1.54, 1.807) is 0 Å². The largest absolute Gasteiger partial charge is 0.481 e. The highest BCUT2D eigenvalue weighted by Crippen LogP contribution is 2.49. The molecule has 1 amide bonds. The third kappa shape index (κ3) is 3.01. The Morgan fingerprint density at radius 2 is 1.59 bits per heavy atom. The molecule has 0 spiro atoms. The number of carbonyl (C=O) groups excluding carboxylic acids is 1. The number of hydrogen-bond donors (Lipinski definition) is 2. The van der Waals surface area contributed by atoms with Crippen molar-refractivity contribution in [2.24, 2.45) is 23.7 Å². The lowest BCUT2D eigenvalue weighted by Gasteiger charge is -2.45. The molecule has 0 unspecified atom stereocenters. The van der Waals surface area contributed by atoms with Crippen molar-refractivity contribution in [1.82, 2.24) is 5.32 Å². The van der Waals surface area contributed by atoms with Crippen LogP contribution < -0.4 is 5.32 Å². The van der Waals surface area contributed by atoms with E-state index in [0.717, 1.165) is 32.1 Å². The molecule has 4 heteroatoms. The number of amides is 1. The van der Waals surface area contributed by atoms with Crippen molar-refractivity contribution in [3.8, 4) is 0 Å². The van der Waals surface area contributed by atoms with Crippen molar-refractivity contribution in [2.75, 3.05) is 6.54 Å². The van der Waals surface area contributed by atoms with E-state index in [4.69, 9.17) is 0 Å². The van der Waals surface area contributed by atoms with Crippen LogP contribution in [0.1, 0.15) is 31.2 Å². The second kappa shape index (κ2) is 6.51. The van der Waals surface area contributed by atoms with E-state index < -0.39 is 11.9 Å². The van der Waals surface area contributed by atoms with Gasteiger partial charge >= 0.3 is 5.97 Å². The molecule has 0 saturated heterocycles. The van der Waals surface area contributed by atoms with Crippen LogP contribution >= 0.6 is 0 Å². The highest BCUT2D eigenvalue weighted by atomic mass is 16.4. The SMILES string of the molecule is O=C(O)[C@H]1C2CCC(CC2)[C@@H]1C(=O)NCCc1ccccc1. The van der Waals surface area contributed by atoms with Gasteiger partial charge < -0.3 is 10.4 Å². The van der Waals surface area contributed by atoms with Crippen molar-refractivity contribution in [3.05, 3.63) is 35.9 Å². The molecule has 0 aromatic heterocycles. The number of fused-ring (bicyclic) bond motifs is 3. The number of hydrogen-bond acceptors (Lipinski definition) is 2. The Balaban J connectivity index is 1.59. The van der Waals surface area contributed by atoms with Gasteiger partial charge in [0.1, 0.15) is 0 Å². The standard InChI is InChI=1S/C18H23NO3/c20-17(19-11-10-12-4-2-1-3-5-12)15-13-6-8-14(9-7-13)16(15)18(21)22/h1-5,13-16H,6-11H2,(H,19,20)(H,21,22)/t13?,14?,15-,16-/m0/s1. The Labute approximate surface area is 130 Å². The van der Waals surface area contributed by atoms with Crippen LogP contribution in [0.5, 0.6) is 0 Å². The number of nitrogens with one attached hydrogen (secondary N) is 1. The van der Waals surface area contributed by atoms with Crippen molar-refractivity contribution in [3.63, 3.8) is 0 Å². The van der Waals surface area contributed by atoms with Gasteiger partial charge in [0, 0.05) is 6.54 Å². The number of carboxylic acids is 1. The third-order valence-electron chi connectivity index (χ3n) is 5.36. The van der Waals surface area contributed by atoms with Crippen LogP contribution in [0.25, 0.3) is 0 Å². The van der Waals surface area contributed by atoms with E-state index >= 15 is 0 Å². The average molecular weight is 301 g/mol. The Morgan fingerprint density at radius 1 is 1.00 bits per heavy atom. The van der Waals surface area contributed by atoms with Gasteiger partial charge in [0.25, 0.3) is 0 Å². The van der Waals surface area contributed by atoms with Gasteiger partial charge in [-0.1, -0.05) is 30.3 Å². The first-order chi connectivity index (χ1) is 10.7.